The summed E-state index contributed by atoms with van der Waals surface area (Å²) in [4.78, 5) is 3.31. The summed E-state index contributed by atoms with van der Waals surface area (Å²) in [5, 5.41) is 16.9. The Morgan fingerprint density at radius 1 is 1.28 bits per heavy atom. The minimum Gasteiger partial charge on any atom is -0.240 e. The number of rotatable bonds is 2. The van der Waals surface area contributed by atoms with Gasteiger partial charge in [0, 0.05) is 0 Å². The summed E-state index contributed by atoms with van der Waals surface area (Å²) in [6.45, 7) is 0. The predicted octanol–water partition coefficient (Wildman–Crippen LogP) is 2.98. The van der Waals surface area contributed by atoms with E-state index in [9.17, 15) is 22.0 Å². The Morgan fingerprint density at radius 3 is 2.28 bits per heavy atom. The maximum atomic E-state index is 12.6. The van der Waals surface area contributed by atoms with Crippen molar-refractivity contribution >= 4 is 0 Å². The third kappa shape index (κ3) is 2.72. The summed E-state index contributed by atoms with van der Waals surface area (Å²) in [6.07, 6.45) is -9.01. The SMILES string of the molecule is N#CCc1cc(C(F)(F)F)c(C(F)F)c(C#N)n1. The fourth-order valence-electron chi connectivity index (χ4n) is 1.32. The third-order valence-corrected chi connectivity index (χ3v) is 2.00. The van der Waals surface area contributed by atoms with E-state index in [1.54, 1.807) is 0 Å². The lowest BCUT2D eigenvalue weighted by molar-refractivity contribution is -0.139. The molecular weight excluding hydrogens is 257 g/mol. The molecule has 1 heterocycles. The lowest BCUT2D eigenvalue weighted by Crippen LogP contribution is -2.14. The van der Waals surface area contributed by atoms with Crippen molar-refractivity contribution in [3.8, 4) is 12.1 Å². The maximum absolute atomic E-state index is 12.6. The number of pyridine rings is 1. The number of nitriles is 2. The second-order valence-electron chi connectivity index (χ2n) is 3.17. The number of alkyl halides is 5. The normalized spacial score (nSPS) is 11.1. The zero-order valence-corrected chi connectivity index (χ0v) is 8.59. The second-order valence-corrected chi connectivity index (χ2v) is 3.17. The van der Waals surface area contributed by atoms with E-state index in [1.165, 1.54) is 12.1 Å². The van der Waals surface area contributed by atoms with Gasteiger partial charge in [0.25, 0.3) is 6.43 Å². The van der Waals surface area contributed by atoms with Gasteiger partial charge in [-0.1, -0.05) is 0 Å². The van der Waals surface area contributed by atoms with Gasteiger partial charge >= 0.3 is 6.18 Å². The fraction of sp³-hybridized carbons (Fsp3) is 0.300. The molecule has 0 saturated heterocycles. The quantitative estimate of drug-likeness (QED) is 0.769. The number of hydrogen-bond donors (Lipinski definition) is 0. The van der Waals surface area contributed by atoms with Crippen LogP contribution in [0.15, 0.2) is 6.07 Å². The van der Waals surface area contributed by atoms with Gasteiger partial charge in [0.15, 0.2) is 0 Å². The highest BCUT2D eigenvalue weighted by molar-refractivity contribution is 5.42. The van der Waals surface area contributed by atoms with Crippen molar-refractivity contribution in [3.63, 3.8) is 0 Å². The molecule has 94 valence electrons. The highest BCUT2D eigenvalue weighted by Crippen LogP contribution is 2.37. The van der Waals surface area contributed by atoms with Gasteiger partial charge in [0.2, 0.25) is 0 Å². The first-order valence-corrected chi connectivity index (χ1v) is 4.47. The number of nitrogens with zero attached hydrogens (tertiary/aromatic N) is 3. The maximum Gasteiger partial charge on any atom is 0.417 e. The molecule has 0 N–H and O–H groups in total. The van der Waals surface area contributed by atoms with Crippen LogP contribution >= 0.6 is 0 Å². The van der Waals surface area contributed by atoms with Crippen LogP contribution in [0.4, 0.5) is 22.0 Å². The van der Waals surface area contributed by atoms with E-state index >= 15 is 0 Å². The standard InChI is InChI=1S/C10H4F5N3/c11-9(12)8-6(10(13,14)15)3-5(1-2-16)18-7(8)4-17/h3,9H,1H2. The van der Waals surface area contributed by atoms with Gasteiger partial charge in [-0.05, 0) is 6.07 Å². The molecule has 0 aromatic carbocycles. The molecule has 0 spiro atoms. The van der Waals surface area contributed by atoms with Crippen molar-refractivity contribution in [2.75, 3.05) is 0 Å². The molecule has 18 heavy (non-hydrogen) atoms. The molecule has 1 rings (SSSR count). The highest BCUT2D eigenvalue weighted by Gasteiger charge is 2.38. The zero-order chi connectivity index (χ0) is 13.9. The Bertz CT molecular complexity index is 536. The molecule has 0 aliphatic rings. The Morgan fingerprint density at radius 2 is 1.89 bits per heavy atom. The molecule has 0 aliphatic carbocycles. The van der Waals surface area contributed by atoms with Crippen molar-refractivity contribution in [2.45, 2.75) is 19.0 Å². The van der Waals surface area contributed by atoms with Gasteiger partial charge in [-0.15, -0.1) is 0 Å². The molecule has 0 saturated carbocycles. The van der Waals surface area contributed by atoms with Crippen LogP contribution in [0.25, 0.3) is 0 Å². The van der Waals surface area contributed by atoms with Crippen LogP contribution in [-0.2, 0) is 12.6 Å². The second kappa shape index (κ2) is 4.96. The molecule has 3 nitrogen and oxygen atoms in total. The highest BCUT2D eigenvalue weighted by atomic mass is 19.4. The first-order chi connectivity index (χ1) is 8.31. The molecule has 1 aromatic heterocycles. The molecule has 0 atom stereocenters. The Labute approximate surface area is 98.1 Å². The van der Waals surface area contributed by atoms with E-state index in [-0.39, 0.29) is 5.69 Å². The van der Waals surface area contributed by atoms with Gasteiger partial charge in [-0.3, -0.25) is 0 Å². The Hall–Kier alpha value is -2.22. The fourth-order valence-corrected chi connectivity index (χ4v) is 1.32. The van der Waals surface area contributed by atoms with Crippen LogP contribution in [0.3, 0.4) is 0 Å². The summed E-state index contributed by atoms with van der Waals surface area (Å²) in [5.41, 5.74) is -4.46. The van der Waals surface area contributed by atoms with Gasteiger partial charge in [0.1, 0.15) is 11.8 Å². The van der Waals surface area contributed by atoms with E-state index in [4.69, 9.17) is 10.5 Å². The summed E-state index contributed by atoms with van der Waals surface area (Å²) in [5.74, 6) is 0. The molecule has 0 radical (unpaired) electrons. The molecule has 0 amide bonds. The van der Waals surface area contributed by atoms with E-state index in [1.807, 2.05) is 0 Å². The topological polar surface area (TPSA) is 60.5 Å². The molecule has 0 fully saturated rings. The van der Waals surface area contributed by atoms with Crippen LogP contribution in [-0.4, -0.2) is 4.98 Å². The molecule has 8 heteroatoms. The van der Waals surface area contributed by atoms with Crippen molar-refractivity contribution in [3.05, 3.63) is 28.6 Å². The number of aromatic nitrogens is 1. The molecule has 0 unspecified atom stereocenters. The lowest BCUT2D eigenvalue weighted by atomic mass is 10.0. The van der Waals surface area contributed by atoms with Gasteiger partial charge in [-0.2, -0.15) is 23.7 Å². The molecule has 0 aliphatic heterocycles. The molecule has 1 aromatic rings. The van der Waals surface area contributed by atoms with Crippen LogP contribution in [0.5, 0.6) is 0 Å². The molecule has 0 bridgehead atoms. The summed E-state index contributed by atoms with van der Waals surface area (Å²) in [7, 11) is 0. The molecular formula is C10H4F5N3. The minimum atomic E-state index is -5.04. The van der Waals surface area contributed by atoms with Crippen LogP contribution in [0.2, 0.25) is 0 Å². The van der Waals surface area contributed by atoms with Crippen molar-refractivity contribution in [1.82, 2.24) is 4.98 Å². The summed E-state index contributed by atoms with van der Waals surface area (Å²) >= 11 is 0. The lowest BCUT2D eigenvalue weighted by Gasteiger charge is -2.14. The zero-order valence-electron chi connectivity index (χ0n) is 8.59. The van der Waals surface area contributed by atoms with Crippen LogP contribution in [0, 0.1) is 22.7 Å². The van der Waals surface area contributed by atoms with Crippen LogP contribution in [0.1, 0.15) is 28.9 Å². The van der Waals surface area contributed by atoms with E-state index in [0.29, 0.717) is 6.07 Å². The smallest absolute Gasteiger partial charge is 0.240 e. The largest absolute Gasteiger partial charge is 0.417 e. The van der Waals surface area contributed by atoms with Gasteiger partial charge < -0.3 is 0 Å². The predicted molar refractivity (Wildman–Crippen MR) is 48.2 cm³/mol. The van der Waals surface area contributed by atoms with Crippen LogP contribution < -0.4 is 0 Å². The Balaban J connectivity index is 3.60. The minimum absolute atomic E-state index is 0.367. The van der Waals surface area contributed by atoms with E-state index in [2.05, 4.69) is 4.98 Å². The monoisotopic (exact) mass is 261 g/mol. The van der Waals surface area contributed by atoms with Crippen molar-refractivity contribution < 1.29 is 22.0 Å². The van der Waals surface area contributed by atoms with E-state index in [0.717, 1.165) is 0 Å². The number of hydrogen-bond acceptors (Lipinski definition) is 3. The van der Waals surface area contributed by atoms with Crippen molar-refractivity contribution in [2.24, 2.45) is 0 Å². The first-order valence-electron chi connectivity index (χ1n) is 4.47. The third-order valence-electron chi connectivity index (χ3n) is 2.00. The van der Waals surface area contributed by atoms with Gasteiger partial charge in [-0.25, -0.2) is 13.8 Å². The average molecular weight is 261 g/mol. The average Bonchev–Trinajstić information content (AvgIpc) is 2.26. The summed E-state index contributed by atoms with van der Waals surface area (Å²) < 4.78 is 62.9. The first kappa shape index (κ1) is 13.8. The van der Waals surface area contributed by atoms with E-state index < -0.39 is 35.8 Å². The van der Waals surface area contributed by atoms with Crippen molar-refractivity contribution in [1.29, 1.82) is 10.5 Å². The Kier molecular flexibility index (Phi) is 3.82. The number of halogens is 5. The summed E-state index contributed by atoms with van der Waals surface area (Å²) in [6, 6.07) is 3.09. The van der Waals surface area contributed by atoms with Gasteiger partial charge in [0.05, 0.1) is 29.3 Å².